The van der Waals surface area contributed by atoms with Crippen molar-refractivity contribution in [2.45, 2.75) is 31.9 Å². The summed E-state index contributed by atoms with van der Waals surface area (Å²) in [6.07, 6.45) is 2.48. The van der Waals surface area contributed by atoms with E-state index >= 15 is 0 Å². The normalized spacial score (nSPS) is 26.4. The molecule has 0 aliphatic carbocycles. The van der Waals surface area contributed by atoms with E-state index < -0.39 is 0 Å². The molecule has 0 radical (unpaired) electrons. The van der Waals surface area contributed by atoms with Crippen LogP contribution in [0.1, 0.15) is 26.7 Å². The van der Waals surface area contributed by atoms with Gasteiger partial charge in [-0.2, -0.15) is 11.8 Å². The van der Waals surface area contributed by atoms with Crippen molar-refractivity contribution in [1.82, 2.24) is 4.90 Å². The molecular formula is C11H24N2S. The highest BCUT2D eigenvalue weighted by molar-refractivity contribution is 8.00. The van der Waals surface area contributed by atoms with E-state index in [0.29, 0.717) is 0 Å². The van der Waals surface area contributed by atoms with Crippen molar-refractivity contribution in [1.29, 1.82) is 0 Å². The molecule has 1 aliphatic heterocycles. The van der Waals surface area contributed by atoms with Gasteiger partial charge in [-0.15, -0.1) is 0 Å². The maximum absolute atomic E-state index is 5.57. The van der Waals surface area contributed by atoms with E-state index in [2.05, 4.69) is 30.5 Å². The molecule has 2 N–H and O–H groups in total. The van der Waals surface area contributed by atoms with Gasteiger partial charge < -0.3 is 10.6 Å². The van der Waals surface area contributed by atoms with E-state index in [1.807, 2.05) is 0 Å². The minimum absolute atomic E-state index is 0.764. The van der Waals surface area contributed by atoms with E-state index in [1.54, 1.807) is 0 Å². The molecule has 0 amide bonds. The molecule has 0 aromatic heterocycles. The fraction of sp³-hybridized carbons (Fsp3) is 1.00. The molecule has 1 fully saturated rings. The Morgan fingerprint density at radius 3 is 3.00 bits per heavy atom. The molecule has 1 rings (SSSR count). The number of nitrogens with zero attached hydrogens (tertiary/aromatic N) is 1. The first-order chi connectivity index (χ1) is 6.76. The minimum atomic E-state index is 0.764. The molecule has 1 saturated heterocycles. The van der Waals surface area contributed by atoms with Crippen LogP contribution in [-0.4, -0.2) is 42.1 Å². The molecular weight excluding hydrogens is 192 g/mol. The maximum Gasteiger partial charge on any atom is 0.0172 e. The van der Waals surface area contributed by atoms with Crippen molar-refractivity contribution in [3.8, 4) is 0 Å². The second kappa shape index (κ2) is 6.70. The van der Waals surface area contributed by atoms with Crippen LogP contribution in [-0.2, 0) is 0 Å². The summed E-state index contributed by atoms with van der Waals surface area (Å²) in [6, 6.07) is 0. The number of hydrogen-bond acceptors (Lipinski definition) is 3. The van der Waals surface area contributed by atoms with Gasteiger partial charge >= 0.3 is 0 Å². The summed E-state index contributed by atoms with van der Waals surface area (Å²) in [5.74, 6) is 2.08. The second-order valence-corrected chi connectivity index (χ2v) is 5.75. The number of nitrogens with two attached hydrogens (primary N) is 1. The van der Waals surface area contributed by atoms with Crippen LogP contribution in [0.5, 0.6) is 0 Å². The number of hydrogen-bond donors (Lipinski definition) is 1. The highest BCUT2D eigenvalue weighted by Gasteiger charge is 2.19. The molecule has 1 aliphatic rings. The van der Waals surface area contributed by atoms with Crippen molar-refractivity contribution in [3.63, 3.8) is 0 Å². The molecule has 0 spiro atoms. The molecule has 84 valence electrons. The highest BCUT2D eigenvalue weighted by Crippen LogP contribution is 2.21. The zero-order valence-electron chi connectivity index (χ0n) is 9.54. The summed E-state index contributed by atoms with van der Waals surface area (Å²) in [4.78, 5) is 2.62. The molecule has 3 heteroatoms. The van der Waals surface area contributed by atoms with Gasteiger partial charge in [-0.25, -0.2) is 0 Å². The van der Waals surface area contributed by atoms with Crippen LogP contribution >= 0.6 is 11.8 Å². The number of thioether (sulfide) groups is 1. The van der Waals surface area contributed by atoms with Crippen LogP contribution in [0.3, 0.4) is 0 Å². The Morgan fingerprint density at radius 2 is 2.36 bits per heavy atom. The van der Waals surface area contributed by atoms with Crippen molar-refractivity contribution < 1.29 is 0 Å². The van der Waals surface area contributed by atoms with Crippen LogP contribution in [0, 0.1) is 5.92 Å². The predicted molar refractivity (Wildman–Crippen MR) is 65.8 cm³/mol. The zero-order chi connectivity index (χ0) is 10.4. The fourth-order valence-electron chi connectivity index (χ4n) is 2.01. The van der Waals surface area contributed by atoms with Crippen LogP contribution in [0.2, 0.25) is 0 Å². The van der Waals surface area contributed by atoms with Crippen LogP contribution in [0.15, 0.2) is 0 Å². The molecule has 2 nitrogen and oxygen atoms in total. The zero-order valence-corrected chi connectivity index (χ0v) is 10.4. The van der Waals surface area contributed by atoms with Gasteiger partial charge in [0, 0.05) is 30.6 Å². The van der Waals surface area contributed by atoms with E-state index in [1.165, 1.54) is 38.2 Å². The van der Waals surface area contributed by atoms with E-state index in [4.69, 9.17) is 5.73 Å². The molecule has 14 heavy (non-hydrogen) atoms. The molecule has 0 aromatic carbocycles. The van der Waals surface area contributed by atoms with E-state index in [0.717, 1.165) is 17.7 Å². The van der Waals surface area contributed by atoms with Gasteiger partial charge in [0.25, 0.3) is 0 Å². The molecule has 0 saturated carbocycles. The first kappa shape index (κ1) is 12.3. The lowest BCUT2D eigenvalue weighted by molar-refractivity contribution is 0.239. The monoisotopic (exact) mass is 216 g/mol. The average molecular weight is 216 g/mol. The largest absolute Gasteiger partial charge is 0.330 e. The third-order valence-corrected chi connectivity index (χ3v) is 4.28. The van der Waals surface area contributed by atoms with Crippen LogP contribution in [0.4, 0.5) is 0 Å². The van der Waals surface area contributed by atoms with Gasteiger partial charge in [0.05, 0.1) is 0 Å². The summed E-state index contributed by atoms with van der Waals surface area (Å²) in [6.45, 7) is 9.25. The predicted octanol–water partition coefficient (Wildman–Crippen LogP) is 1.80. The Kier molecular flexibility index (Phi) is 5.90. The Hall–Kier alpha value is 0.270. The van der Waals surface area contributed by atoms with Gasteiger partial charge in [-0.05, 0) is 25.3 Å². The van der Waals surface area contributed by atoms with Crippen LogP contribution in [0.25, 0.3) is 0 Å². The maximum atomic E-state index is 5.57. The molecule has 1 heterocycles. The quantitative estimate of drug-likeness (QED) is 0.760. The van der Waals surface area contributed by atoms with Crippen LogP contribution < -0.4 is 5.73 Å². The molecule has 0 bridgehead atoms. The van der Waals surface area contributed by atoms with Gasteiger partial charge in [0.2, 0.25) is 0 Å². The lowest BCUT2D eigenvalue weighted by Crippen LogP contribution is -2.40. The van der Waals surface area contributed by atoms with E-state index in [9.17, 15) is 0 Å². The Balaban J connectivity index is 2.22. The summed E-state index contributed by atoms with van der Waals surface area (Å²) in [5, 5.41) is 0.869. The van der Waals surface area contributed by atoms with E-state index in [-0.39, 0.29) is 0 Å². The summed E-state index contributed by atoms with van der Waals surface area (Å²) >= 11 is 2.14. The number of rotatable bonds is 5. The van der Waals surface area contributed by atoms with Gasteiger partial charge in [0.15, 0.2) is 0 Å². The lowest BCUT2D eigenvalue weighted by Gasteiger charge is -2.33. The lowest BCUT2D eigenvalue weighted by atomic mass is 10.1. The standard InChI is InChI=1S/C11H24N2S/c1-3-11-9-13(6-7-14-11)8-10(2)4-5-12/h10-11H,3-9,12H2,1-2H3. The summed E-state index contributed by atoms with van der Waals surface area (Å²) in [7, 11) is 0. The van der Waals surface area contributed by atoms with Gasteiger partial charge in [-0.1, -0.05) is 13.8 Å². The minimum Gasteiger partial charge on any atom is -0.330 e. The third-order valence-electron chi connectivity index (χ3n) is 2.91. The SMILES string of the molecule is CCC1CN(CC(C)CCN)CCS1. The fourth-order valence-corrected chi connectivity index (χ4v) is 3.26. The Labute approximate surface area is 92.6 Å². The molecule has 0 aromatic rings. The van der Waals surface area contributed by atoms with Crippen molar-refractivity contribution >= 4 is 11.8 Å². The first-order valence-electron chi connectivity index (χ1n) is 5.80. The summed E-state index contributed by atoms with van der Waals surface area (Å²) in [5.41, 5.74) is 5.57. The molecule has 2 atom stereocenters. The van der Waals surface area contributed by atoms with Gasteiger partial charge in [-0.3, -0.25) is 0 Å². The Morgan fingerprint density at radius 1 is 1.57 bits per heavy atom. The smallest absolute Gasteiger partial charge is 0.0172 e. The highest BCUT2D eigenvalue weighted by atomic mass is 32.2. The second-order valence-electron chi connectivity index (χ2n) is 4.34. The Bertz CT molecular complexity index is 152. The summed E-state index contributed by atoms with van der Waals surface area (Å²) < 4.78 is 0. The van der Waals surface area contributed by atoms with Crippen molar-refractivity contribution in [2.75, 3.05) is 31.9 Å². The average Bonchev–Trinajstić information content (AvgIpc) is 2.18. The van der Waals surface area contributed by atoms with Crippen molar-refractivity contribution in [2.24, 2.45) is 11.7 Å². The first-order valence-corrected chi connectivity index (χ1v) is 6.85. The van der Waals surface area contributed by atoms with Gasteiger partial charge in [0.1, 0.15) is 0 Å². The third kappa shape index (κ3) is 4.20. The van der Waals surface area contributed by atoms with Crippen molar-refractivity contribution in [3.05, 3.63) is 0 Å². The topological polar surface area (TPSA) is 29.3 Å². The molecule has 2 unspecified atom stereocenters.